The van der Waals surface area contributed by atoms with Crippen LogP contribution in [0.5, 0.6) is 0 Å². The topological polar surface area (TPSA) is 132 Å². The maximum absolute atomic E-state index is 11.6. The maximum Gasteiger partial charge on any atom is 0.254 e. The van der Waals surface area contributed by atoms with E-state index in [9.17, 15) is 4.79 Å². The molecule has 0 bridgehead atoms. The molecule has 2 heterocycles. The van der Waals surface area contributed by atoms with Gasteiger partial charge in [0.1, 0.15) is 11.4 Å². The van der Waals surface area contributed by atoms with E-state index in [1.807, 2.05) is 25.1 Å². The highest BCUT2D eigenvalue weighted by molar-refractivity contribution is 7.16. The molecule has 3 rings (SSSR count). The average molecular weight is 343 g/mol. The summed E-state index contributed by atoms with van der Waals surface area (Å²) in [5.41, 5.74) is 14.8. The Labute approximate surface area is 142 Å². The zero-order chi connectivity index (χ0) is 17.1. The molecular formula is C15H17N7OS. The number of aromatic nitrogens is 3. The molecule has 1 atom stereocenters. The Morgan fingerprint density at radius 2 is 2.21 bits per heavy atom. The fourth-order valence-corrected chi connectivity index (χ4v) is 2.78. The lowest BCUT2D eigenvalue weighted by atomic mass is 10.2. The molecule has 0 spiro atoms. The molecule has 0 saturated carbocycles. The summed E-state index contributed by atoms with van der Waals surface area (Å²) in [6, 6.07) is 5.66. The number of fused-ring (bicyclic) bond motifs is 1. The van der Waals surface area contributed by atoms with Gasteiger partial charge in [0.2, 0.25) is 5.95 Å². The van der Waals surface area contributed by atoms with Crippen LogP contribution >= 0.6 is 11.3 Å². The van der Waals surface area contributed by atoms with E-state index in [2.05, 4.69) is 25.6 Å². The van der Waals surface area contributed by atoms with Gasteiger partial charge < -0.3 is 22.1 Å². The zero-order valence-corrected chi connectivity index (χ0v) is 13.8. The number of rotatable bonds is 6. The highest BCUT2D eigenvalue weighted by atomic mass is 32.1. The van der Waals surface area contributed by atoms with Gasteiger partial charge >= 0.3 is 0 Å². The molecule has 1 amide bonds. The lowest BCUT2D eigenvalue weighted by Crippen LogP contribution is -2.26. The lowest BCUT2D eigenvalue weighted by Gasteiger charge is -2.12. The van der Waals surface area contributed by atoms with Crippen molar-refractivity contribution in [2.24, 2.45) is 11.5 Å². The predicted octanol–water partition coefficient (Wildman–Crippen LogP) is 1.69. The minimum absolute atomic E-state index is 0.0467. The van der Waals surface area contributed by atoms with E-state index in [0.717, 1.165) is 15.9 Å². The number of hydrogen-bond acceptors (Lipinski definition) is 8. The minimum atomic E-state index is -0.602. The number of hydrogen-bond donors (Lipinski definition) is 4. The van der Waals surface area contributed by atoms with Crippen molar-refractivity contribution in [2.45, 2.75) is 13.0 Å². The van der Waals surface area contributed by atoms with Crippen molar-refractivity contribution >= 4 is 44.9 Å². The molecule has 9 heteroatoms. The van der Waals surface area contributed by atoms with Crippen molar-refractivity contribution in [2.75, 3.05) is 17.2 Å². The van der Waals surface area contributed by atoms with Crippen LogP contribution in [-0.4, -0.2) is 33.4 Å². The Bertz CT molecular complexity index is 877. The van der Waals surface area contributed by atoms with Gasteiger partial charge in [-0.3, -0.25) is 4.79 Å². The standard InChI is InChI=1S/C15H17N7OS/c1-8(16)5-18-15-19-6-10(13(17)23)14(22-15)21-9-2-3-11-12(4-9)24-7-20-11/h2-4,6-8H,5,16H2,1H3,(H2,17,23)(H2,18,19,21,22). The van der Waals surface area contributed by atoms with E-state index in [4.69, 9.17) is 11.5 Å². The minimum Gasteiger partial charge on any atom is -0.365 e. The fraction of sp³-hybridized carbons (Fsp3) is 0.200. The molecule has 0 aliphatic heterocycles. The number of benzene rings is 1. The number of nitrogens with one attached hydrogen (secondary N) is 2. The first-order valence-electron chi connectivity index (χ1n) is 7.29. The van der Waals surface area contributed by atoms with Crippen molar-refractivity contribution in [3.63, 3.8) is 0 Å². The summed E-state index contributed by atoms with van der Waals surface area (Å²) in [6.45, 7) is 2.39. The Kier molecular flexibility index (Phi) is 4.54. The zero-order valence-electron chi connectivity index (χ0n) is 13.0. The van der Waals surface area contributed by atoms with Gasteiger partial charge in [0, 0.05) is 24.5 Å². The molecule has 0 fully saturated rings. The van der Waals surface area contributed by atoms with Gasteiger partial charge in [0.25, 0.3) is 5.91 Å². The number of carbonyl (C=O) groups excluding carboxylic acids is 1. The number of carbonyl (C=O) groups is 1. The average Bonchev–Trinajstić information content (AvgIpc) is 3.00. The van der Waals surface area contributed by atoms with E-state index >= 15 is 0 Å². The molecule has 3 aromatic rings. The van der Waals surface area contributed by atoms with Crippen molar-refractivity contribution in [1.29, 1.82) is 0 Å². The number of anilines is 3. The third-order valence-electron chi connectivity index (χ3n) is 3.23. The second kappa shape index (κ2) is 6.77. The van der Waals surface area contributed by atoms with E-state index in [0.29, 0.717) is 18.3 Å². The highest BCUT2D eigenvalue weighted by Crippen LogP contribution is 2.25. The number of amides is 1. The third kappa shape index (κ3) is 3.58. The smallest absolute Gasteiger partial charge is 0.254 e. The quantitative estimate of drug-likeness (QED) is 0.535. The molecule has 1 unspecified atom stereocenters. The molecular weight excluding hydrogens is 326 g/mol. The summed E-state index contributed by atoms with van der Waals surface area (Å²) in [6.07, 6.45) is 1.40. The van der Waals surface area contributed by atoms with Gasteiger partial charge in [0.15, 0.2) is 0 Å². The summed E-state index contributed by atoms with van der Waals surface area (Å²) in [7, 11) is 0. The molecule has 1 aromatic carbocycles. The number of nitrogens with two attached hydrogens (primary N) is 2. The molecule has 6 N–H and O–H groups in total. The first-order chi connectivity index (χ1) is 11.5. The van der Waals surface area contributed by atoms with Gasteiger partial charge in [-0.05, 0) is 25.1 Å². The Morgan fingerprint density at radius 1 is 1.38 bits per heavy atom. The molecule has 0 radical (unpaired) electrons. The highest BCUT2D eigenvalue weighted by Gasteiger charge is 2.13. The van der Waals surface area contributed by atoms with Crippen LogP contribution in [0.4, 0.5) is 17.5 Å². The predicted molar refractivity (Wildman–Crippen MR) is 95.6 cm³/mol. The largest absolute Gasteiger partial charge is 0.365 e. The van der Waals surface area contributed by atoms with Crippen LogP contribution in [0.25, 0.3) is 10.2 Å². The van der Waals surface area contributed by atoms with Crippen LogP contribution in [0, 0.1) is 0 Å². The van der Waals surface area contributed by atoms with Gasteiger partial charge in [-0.25, -0.2) is 9.97 Å². The van der Waals surface area contributed by atoms with Crippen molar-refractivity contribution in [3.05, 3.63) is 35.5 Å². The fourth-order valence-electron chi connectivity index (χ4n) is 2.06. The van der Waals surface area contributed by atoms with E-state index in [-0.39, 0.29) is 11.6 Å². The molecule has 124 valence electrons. The number of nitrogens with zero attached hydrogens (tertiary/aromatic N) is 3. The first kappa shape index (κ1) is 16.1. The SMILES string of the molecule is CC(N)CNc1ncc(C(N)=O)c(Nc2ccc3ncsc3c2)n1. The number of thiazole rings is 1. The van der Waals surface area contributed by atoms with Crippen molar-refractivity contribution in [1.82, 2.24) is 15.0 Å². The third-order valence-corrected chi connectivity index (χ3v) is 4.02. The van der Waals surface area contributed by atoms with Crippen LogP contribution in [0.1, 0.15) is 17.3 Å². The van der Waals surface area contributed by atoms with Crippen LogP contribution in [0.3, 0.4) is 0 Å². The second-order valence-corrected chi connectivity index (χ2v) is 6.22. The van der Waals surface area contributed by atoms with Gasteiger partial charge in [-0.1, -0.05) is 0 Å². The Morgan fingerprint density at radius 3 is 2.96 bits per heavy atom. The normalized spacial score (nSPS) is 12.1. The molecule has 0 saturated heterocycles. The molecule has 24 heavy (non-hydrogen) atoms. The van der Waals surface area contributed by atoms with E-state index in [1.165, 1.54) is 17.5 Å². The Balaban J connectivity index is 1.91. The van der Waals surface area contributed by atoms with E-state index in [1.54, 1.807) is 5.51 Å². The van der Waals surface area contributed by atoms with Gasteiger partial charge in [-0.15, -0.1) is 11.3 Å². The van der Waals surface area contributed by atoms with Crippen LogP contribution in [-0.2, 0) is 0 Å². The van der Waals surface area contributed by atoms with Gasteiger partial charge in [0.05, 0.1) is 15.7 Å². The van der Waals surface area contributed by atoms with Crippen molar-refractivity contribution < 1.29 is 4.79 Å². The number of primary amides is 1. The van der Waals surface area contributed by atoms with Crippen molar-refractivity contribution in [3.8, 4) is 0 Å². The summed E-state index contributed by atoms with van der Waals surface area (Å²) >= 11 is 1.54. The summed E-state index contributed by atoms with van der Waals surface area (Å²) < 4.78 is 1.03. The molecule has 0 aliphatic rings. The molecule has 0 aliphatic carbocycles. The second-order valence-electron chi connectivity index (χ2n) is 5.34. The molecule has 8 nitrogen and oxygen atoms in total. The van der Waals surface area contributed by atoms with Gasteiger partial charge in [-0.2, -0.15) is 4.98 Å². The van der Waals surface area contributed by atoms with E-state index < -0.39 is 5.91 Å². The first-order valence-corrected chi connectivity index (χ1v) is 8.17. The van der Waals surface area contributed by atoms with Crippen LogP contribution < -0.4 is 22.1 Å². The Hall–Kier alpha value is -2.78. The monoisotopic (exact) mass is 343 g/mol. The lowest BCUT2D eigenvalue weighted by molar-refractivity contribution is 0.100. The van der Waals surface area contributed by atoms with Crippen LogP contribution in [0.2, 0.25) is 0 Å². The summed E-state index contributed by atoms with van der Waals surface area (Å²) in [5.74, 6) is 0.113. The summed E-state index contributed by atoms with van der Waals surface area (Å²) in [4.78, 5) is 24.3. The summed E-state index contributed by atoms with van der Waals surface area (Å²) in [5, 5.41) is 6.13. The molecule has 2 aromatic heterocycles. The van der Waals surface area contributed by atoms with Crippen LogP contribution in [0.15, 0.2) is 29.9 Å². The maximum atomic E-state index is 11.6.